The number of phenols is 11. The van der Waals surface area contributed by atoms with Crippen LogP contribution in [0.3, 0.4) is 0 Å². The highest BCUT2D eigenvalue weighted by molar-refractivity contribution is 5.74. The molecule has 2 aliphatic rings. The Bertz CT molecular complexity index is 2520. The van der Waals surface area contributed by atoms with Crippen molar-refractivity contribution in [3.05, 3.63) is 66.7 Å². The van der Waals surface area contributed by atoms with Gasteiger partial charge in [-0.2, -0.15) is 0 Å². The van der Waals surface area contributed by atoms with Crippen molar-refractivity contribution in [3.63, 3.8) is 0 Å². The molecule has 0 unspecified atom stereocenters. The molecular weight excluding hydrogens is 720 g/mol. The lowest BCUT2D eigenvalue weighted by Gasteiger charge is -2.25. The van der Waals surface area contributed by atoms with Gasteiger partial charge in [0, 0.05) is 66.7 Å². The quantitative estimate of drug-likeness (QED) is 0.0730. The van der Waals surface area contributed by atoms with E-state index in [9.17, 15) is 56.2 Å². The maximum atomic E-state index is 10.9. The van der Waals surface area contributed by atoms with E-state index in [4.69, 9.17) is 33.2 Å². The lowest BCUT2D eigenvalue weighted by atomic mass is 10.2. The molecule has 0 amide bonds. The van der Waals surface area contributed by atoms with E-state index in [1.54, 1.807) is 0 Å². The molecule has 8 rings (SSSR count). The normalized spacial score (nSPS) is 12.0. The molecule has 6 aromatic rings. The molecule has 2 aliphatic heterocycles. The zero-order chi connectivity index (χ0) is 38.2. The Balaban J connectivity index is 1.07. The van der Waals surface area contributed by atoms with Crippen LogP contribution in [0.25, 0.3) is 0 Å². The summed E-state index contributed by atoms with van der Waals surface area (Å²) in [5.41, 5.74) is 0. The van der Waals surface area contributed by atoms with Crippen molar-refractivity contribution >= 4 is 0 Å². The van der Waals surface area contributed by atoms with Crippen molar-refractivity contribution in [2.45, 2.75) is 0 Å². The maximum Gasteiger partial charge on any atom is 0.220 e. The predicted molar refractivity (Wildman–Crippen MR) is 177 cm³/mol. The Morgan fingerprint density at radius 1 is 0.315 bits per heavy atom. The van der Waals surface area contributed by atoms with Crippen molar-refractivity contribution in [1.29, 1.82) is 0 Å². The van der Waals surface area contributed by atoms with Gasteiger partial charge in [-0.25, -0.2) is 0 Å². The minimum atomic E-state index is -0.781. The Morgan fingerprint density at radius 2 is 0.815 bits per heavy atom. The van der Waals surface area contributed by atoms with E-state index in [1.807, 2.05) is 0 Å². The fourth-order valence-corrected chi connectivity index (χ4v) is 5.45. The number of ether oxygens (including phenoxy) is 7. The molecule has 0 radical (unpaired) electrons. The highest BCUT2D eigenvalue weighted by Crippen LogP contribution is 2.62. The van der Waals surface area contributed by atoms with E-state index in [0.717, 1.165) is 66.7 Å². The lowest BCUT2D eigenvalue weighted by Crippen LogP contribution is -2.02. The Kier molecular flexibility index (Phi) is 7.26. The smallest absolute Gasteiger partial charge is 0.220 e. The average Bonchev–Trinajstić information content (AvgIpc) is 3.09. The van der Waals surface area contributed by atoms with Crippen molar-refractivity contribution in [1.82, 2.24) is 0 Å². The highest BCUT2D eigenvalue weighted by atomic mass is 16.6. The van der Waals surface area contributed by atoms with Crippen LogP contribution in [-0.2, 0) is 0 Å². The molecule has 18 nitrogen and oxygen atoms in total. The van der Waals surface area contributed by atoms with Gasteiger partial charge in [-0.3, -0.25) is 0 Å². The number of aromatic hydroxyl groups is 11. The Hall–Kier alpha value is -8.28. The SMILES string of the molecule is Oc1cc(O)cc(Oc2cc(O)c(O)c3c2Oc2c(O)cc(Oc4c(O)cc(Oc5c(O)cc(O)c6c5Oc5c(O)cc(O)cc5O6)cc4O)cc2O3)c1. The fourth-order valence-electron chi connectivity index (χ4n) is 5.45. The first kappa shape index (κ1) is 32.9. The Morgan fingerprint density at radius 3 is 1.52 bits per heavy atom. The predicted octanol–water partition coefficient (Wildman–Crippen LogP) is 7.62. The third-order valence-corrected chi connectivity index (χ3v) is 7.73. The molecule has 2 heterocycles. The molecule has 0 aliphatic carbocycles. The van der Waals surface area contributed by atoms with Gasteiger partial charge < -0.3 is 89.3 Å². The van der Waals surface area contributed by atoms with E-state index >= 15 is 0 Å². The summed E-state index contributed by atoms with van der Waals surface area (Å²) in [7, 11) is 0. The maximum absolute atomic E-state index is 10.9. The third-order valence-electron chi connectivity index (χ3n) is 7.73. The molecular formula is C36H22O18. The van der Waals surface area contributed by atoms with Crippen LogP contribution in [0, 0.1) is 0 Å². The summed E-state index contributed by atoms with van der Waals surface area (Å²) in [5, 5.41) is 114. The van der Waals surface area contributed by atoms with Gasteiger partial charge in [-0.05, 0) is 0 Å². The molecule has 0 saturated carbocycles. The zero-order valence-corrected chi connectivity index (χ0v) is 26.6. The van der Waals surface area contributed by atoms with E-state index in [2.05, 4.69) is 0 Å². The van der Waals surface area contributed by atoms with E-state index in [1.165, 1.54) is 0 Å². The van der Waals surface area contributed by atoms with Gasteiger partial charge in [-0.1, -0.05) is 0 Å². The summed E-state index contributed by atoms with van der Waals surface area (Å²) in [6.45, 7) is 0. The van der Waals surface area contributed by atoms with E-state index < -0.39 is 69.0 Å². The molecule has 0 saturated heterocycles. The first-order valence-corrected chi connectivity index (χ1v) is 15.2. The largest absolute Gasteiger partial charge is 0.508 e. The molecule has 0 atom stereocenters. The Labute approximate surface area is 299 Å². The van der Waals surface area contributed by atoms with Crippen molar-refractivity contribution in [3.8, 4) is 144 Å². The monoisotopic (exact) mass is 742 g/mol. The van der Waals surface area contributed by atoms with Crippen LogP contribution in [0.2, 0.25) is 0 Å². The van der Waals surface area contributed by atoms with Gasteiger partial charge in [0.1, 0.15) is 34.5 Å². The van der Waals surface area contributed by atoms with Crippen LogP contribution in [0.15, 0.2) is 66.7 Å². The number of rotatable bonds is 6. The summed E-state index contributed by atoms with van der Waals surface area (Å²) < 4.78 is 39.7. The summed E-state index contributed by atoms with van der Waals surface area (Å²) in [5.74, 6) is -10.9. The number of fused-ring (bicyclic) bond motifs is 4. The second-order valence-corrected chi connectivity index (χ2v) is 11.6. The van der Waals surface area contributed by atoms with Gasteiger partial charge >= 0.3 is 0 Å². The number of hydrogen-bond donors (Lipinski definition) is 11. The summed E-state index contributed by atoms with van der Waals surface area (Å²) in [6, 6.07) is 11.3. The molecule has 0 spiro atoms. The highest BCUT2D eigenvalue weighted by Gasteiger charge is 2.34. The molecule has 0 fully saturated rings. The summed E-state index contributed by atoms with van der Waals surface area (Å²) >= 11 is 0. The molecule has 0 bridgehead atoms. The van der Waals surface area contributed by atoms with Crippen LogP contribution in [0.1, 0.15) is 0 Å². The molecule has 18 heteroatoms. The summed E-state index contributed by atoms with van der Waals surface area (Å²) in [4.78, 5) is 0. The molecule has 0 aromatic heterocycles. The zero-order valence-electron chi connectivity index (χ0n) is 26.6. The van der Waals surface area contributed by atoms with Gasteiger partial charge in [0.2, 0.25) is 51.7 Å². The van der Waals surface area contributed by atoms with Crippen LogP contribution in [0.4, 0.5) is 0 Å². The van der Waals surface area contributed by atoms with Gasteiger partial charge in [0.25, 0.3) is 0 Å². The van der Waals surface area contributed by atoms with Crippen LogP contribution in [-0.4, -0.2) is 56.2 Å². The van der Waals surface area contributed by atoms with Crippen molar-refractivity contribution in [2.75, 3.05) is 0 Å². The third kappa shape index (κ3) is 5.57. The second-order valence-electron chi connectivity index (χ2n) is 11.6. The fraction of sp³-hybridized carbons (Fsp3) is 0. The molecule has 6 aromatic carbocycles. The first-order valence-electron chi connectivity index (χ1n) is 15.2. The number of phenolic OH excluding ortho intramolecular Hbond substituents is 11. The lowest BCUT2D eigenvalue weighted by molar-refractivity contribution is 0.297. The van der Waals surface area contributed by atoms with Crippen molar-refractivity contribution < 1.29 is 89.3 Å². The number of hydrogen-bond acceptors (Lipinski definition) is 18. The molecule has 274 valence electrons. The second kappa shape index (κ2) is 11.9. The first-order chi connectivity index (χ1) is 25.7. The van der Waals surface area contributed by atoms with Crippen LogP contribution >= 0.6 is 0 Å². The van der Waals surface area contributed by atoms with Crippen molar-refractivity contribution in [2.24, 2.45) is 0 Å². The minimum absolute atomic E-state index is 0.0901. The standard InChI is InChI=1S/C36H22O18/c37-12-1-13(38)3-15(2-12)48-27-11-18(40)28(47)35-34(27)53-31-22(44)8-17(9-26(31)52-35)49-29-20(42)6-16(7-21(29)43)50-32-23(45)10-24(46)33-36(32)54-30-19(41)4-14(39)5-25(30)51-33/h1-11,37-47H. The van der Waals surface area contributed by atoms with E-state index in [0.29, 0.717) is 0 Å². The average molecular weight is 743 g/mol. The summed E-state index contributed by atoms with van der Waals surface area (Å²) in [6.07, 6.45) is 0. The van der Waals surface area contributed by atoms with Gasteiger partial charge in [0.05, 0.1) is 0 Å². The number of benzene rings is 6. The molecule has 54 heavy (non-hydrogen) atoms. The van der Waals surface area contributed by atoms with Gasteiger partial charge in [0.15, 0.2) is 57.5 Å². The van der Waals surface area contributed by atoms with Gasteiger partial charge in [-0.15, -0.1) is 0 Å². The molecule has 11 N–H and O–H groups in total. The van der Waals surface area contributed by atoms with Crippen LogP contribution < -0.4 is 33.2 Å². The van der Waals surface area contributed by atoms with E-state index in [-0.39, 0.29) is 74.7 Å². The minimum Gasteiger partial charge on any atom is -0.508 e. The van der Waals surface area contributed by atoms with Crippen LogP contribution in [0.5, 0.6) is 144 Å². The topological polar surface area (TPSA) is 287 Å².